The second-order valence-electron chi connectivity index (χ2n) is 5.36. The van der Waals surface area contributed by atoms with Crippen LogP contribution in [0.15, 0.2) is 6.33 Å². The number of imidazole rings is 1. The molecule has 2 unspecified atom stereocenters. The number of hydrogen-bond acceptors (Lipinski definition) is 3. The highest BCUT2D eigenvalue weighted by Crippen LogP contribution is 2.15. The molecule has 2 N–H and O–H groups in total. The molecule has 1 amide bonds. The first-order valence-corrected chi connectivity index (χ1v) is 7.18. The lowest BCUT2D eigenvalue weighted by molar-refractivity contribution is -0.134. The fourth-order valence-electron chi connectivity index (χ4n) is 2.44. The van der Waals surface area contributed by atoms with Crippen LogP contribution in [0.25, 0.3) is 0 Å². The van der Waals surface area contributed by atoms with Gasteiger partial charge in [0.25, 0.3) is 0 Å². The van der Waals surface area contributed by atoms with Crippen LogP contribution in [0.4, 0.5) is 0 Å². The summed E-state index contributed by atoms with van der Waals surface area (Å²) in [5.41, 5.74) is 2.13. The second kappa shape index (κ2) is 6.19. The molecule has 0 fully saturated rings. The van der Waals surface area contributed by atoms with Crippen molar-refractivity contribution in [1.82, 2.24) is 20.2 Å². The third kappa shape index (κ3) is 3.15. The van der Waals surface area contributed by atoms with Crippen LogP contribution in [0.1, 0.15) is 38.6 Å². The number of carbonyl (C=O) groups is 1. The van der Waals surface area contributed by atoms with Crippen LogP contribution in [0, 0.1) is 5.92 Å². The topological polar surface area (TPSA) is 61.0 Å². The van der Waals surface area contributed by atoms with E-state index in [1.54, 1.807) is 6.33 Å². The first-order valence-electron chi connectivity index (χ1n) is 7.18. The number of rotatable bonds is 5. The molecule has 5 heteroatoms. The summed E-state index contributed by atoms with van der Waals surface area (Å²) in [5.74, 6) is 0.755. The maximum Gasteiger partial charge on any atom is 0.240 e. The highest BCUT2D eigenvalue weighted by Gasteiger charge is 2.29. The highest BCUT2D eigenvalue weighted by molar-refractivity contribution is 5.82. The summed E-state index contributed by atoms with van der Waals surface area (Å²) in [6, 6.07) is -0.125. The van der Waals surface area contributed by atoms with Crippen LogP contribution in [-0.2, 0) is 17.8 Å². The number of likely N-dealkylation sites (N-methyl/N-ethyl adjacent to an activating group) is 1. The number of fused-ring (bicyclic) bond motifs is 1. The lowest BCUT2D eigenvalue weighted by Gasteiger charge is -2.30. The zero-order valence-electron chi connectivity index (χ0n) is 12.1. The number of H-pyrrole nitrogens is 1. The number of nitrogens with zero attached hydrogens (tertiary/aromatic N) is 2. The minimum atomic E-state index is -0.125. The van der Waals surface area contributed by atoms with Gasteiger partial charge in [-0.25, -0.2) is 4.98 Å². The van der Waals surface area contributed by atoms with Crippen LogP contribution in [0.3, 0.4) is 0 Å². The van der Waals surface area contributed by atoms with Crippen molar-refractivity contribution in [2.75, 3.05) is 13.1 Å². The molecule has 2 atom stereocenters. The molecule has 0 aromatic carbocycles. The third-order valence-corrected chi connectivity index (χ3v) is 3.95. The largest absolute Gasteiger partial charge is 0.347 e. The van der Waals surface area contributed by atoms with Crippen molar-refractivity contribution >= 4 is 5.91 Å². The molecule has 0 bridgehead atoms. The molecule has 19 heavy (non-hydrogen) atoms. The van der Waals surface area contributed by atoms with Crippen molar-refractivity contribution in [1.29, 1.82) is 0 Å². The first kappa shape index (κ1) is 14.1. The minimum absolute atomic E-state index is 0.125. The molecule has 1 aromatic heterocycles. The summed E-state index contributed by atoms with van der Waals surface area (Å²) in [5, 5.41) is 3.30. The van der Waals surface area contributed by atoms with Crippen LogP contribution < -0.4 is 5.32 Å². The fourth-order valence-corrected chi connectivity index (χ4v) is 2.44. The van der Waals surface area contributed by atoms with E-state index in [9.17, 15) is 4.79 Å². The van der Waals surface area contributed by atoms with E-state index < -0.39 is 0 Å². The predicted octanol–water partition coefficient (Wildman–Crippen LogP) is 1.32. The van der Waals surface area contributed by atoms with E-state index in [1.165, 1.54) is 0 Å². The van der Waals surface area contributed by atoms with Gasteiger partial charge in [-0.1, -0.05) is 20.3 Å². The Kier molecular flexibility index (Phi) is 4.58. The maximum atomic E-state index is 12.5. The molecule has 2 rings (SSSR count). The molecule has 0 spiro atoms. The van der Waals surface area contributed by atoms with Crippen molar-refractivity contribution in [3.8, 4) is 0 Å². The Labute approximate surface area is 114 Å². The number of aromatic nitrogens is 2. The molecule has 0 radical (unpaired) electrons. The highest BCUT2D eigenvalue weighted by atomic mass is 16.2. The van der Waals surface area contributed by atoms with E-state index >= 15 is 0 Å². The van der Waals surface area contributed by atoms with Gasteiger partial charge in [0.15, 0.2) is 0 Å². The van der Waals surface area contributed by atoms with Crippen LogP contribution >= 0.6 is 0 Å². The number of hydrogen-bond donors (Lipinski definition) is 2. The van der Waals surface area contributed by atoms with Crippen molar-refractivity contribution in [2.24, 2.45) is 5.92 Å². The van der Waals surface area contributed by atoms with E-state index in [4.69, 9.17) is 0 Å². The monoisotopic (exact) mass is 264 g/mol. The van der Waals surface area contributed by atoms with Crippen LogP contribution in [-0.4, -0.2) is 39.9 Å². The van der Waals surface area contributed by atoms with Gasteiger partial charge in [0.1, 0.15) is 0 Å². The molecule has 1 aliphatic rings. The first-order chi connectivity index (χ1) is 9.15. The summed E-state index contributed by atoms with van der Waals surface area (Å²) in [7, 11) is 0. The van der Waals surface area contributed by atoms with Gasteiger partial charge in [0, 0.05) is 26.1 Å². The van der Waals surface area contributed by atoms with Gasteiger partial charge < -0.3 is 9.88 Å². The molecular weight excluding hydrogens is 240 g/mol. The molecule has 5 nitrogen and oxygen atoms in total. The number of aromatic amines is 1. The van der Waals surface area contributed by atoms with E-state index in [-0.39, 0.29) is 11.9 Å². The number of amides is 1. The lowest BCUT2D eigenvalue weighted by atomic mass is 10.0. The van der Waals surface area contributed by atoms with Crippen LogP contribution in [0.5, 0.6) is 0 Å². The van der Waals surface area contributed by atoms with Gasteiger partial charge in [0.05, 0.1) is 23.8 Å². The van der Waals surface area contributed by atoms with Gasteiger partial charge in [-0.05, 0) is 12.8 Å². The SMILES string of the molecule is CCC(C)CN(CC)C(=O)C1Cc2nc[nH]c2CN1. The Morgan fingerprint density at radius 1 is 1.58 bits per heavy atom. The summed E-state index contributed by atoms with van der Waals surface area (Å²) >= 11 is 0. The van der Waals surface area contributed by atoms with E-state index in [2.05, 4.69) is 29.1 Å². The predicted molar refractivity (Wildman–Crippen MR) is 74.6 cm³/mol. The summed E-state index contributed by atoms with van der Waals surface area (Å²) in [6.45, 7) is 8.72. The van der Waals surface area contributed by atoms with Crippen molar-refractivity contribution in [3.63, 3.8) is 0 Å². The second-order valence-corrected chi connectivity index (χ2v) is 5.36. The van der Waals surface area contributed by atoms with Crippen molar-refractivity contribution in [2.45, 2.75) is 46.2 Å². The summed E-state index contributed by atoms with van der Waals surface area (Å²) < 4.78 is 0. The van der Waals surface area contributed by atoms with E-state index in [0.717, 1.165) is 30.9 Å². The molecule has 0 saturated carbocycles. The zero-order valence-corrected chi connectivity index (χ0v) is 12.1. The Bertz CT molecular complexity index is 429. The normalized spacial score (nSPS) is 19.8. The number of carbonyl (C=O) groups excluding carboxylic acids is 1. The lowest BCUT2D eigenvalue weighted by Crippen LogP contribution is -2.50. The molecule has 0 aliphatic carbocycles. The molecule has 0 saturated heterocycles. The minimum Gasteiger partial charge on any atom is -0.347 e. The van der Waals surface area contributed by atoms with Gasteiger partial charge in [-0.15, -0.1) is 0 Å². The molecule has 106 valence electrons. The average molecular weight is 264 g/mol. The van der Waals surface area contributed by atoms with Gasteiger partial charge in [0.2, 0.25) is 5.91 Å². The van der Waals surface area contributed by atoms with E-state index in [0.29, 0.717) is 18.9 Å². The molecule has 2 heterocycles. The smallest absolute Gasteiger partial charge is 0.240 e. The Balaban J connectivity index is 1.99. The van der Waals surface area contributed by atoms with Gasteiger partial charge in [-0.2, -0.15) is 0 Å². The standard InChI is InChI=1S/C14H24N4O/c1-4-10(3)8-18(5-2)14(19)12-6-11-13(7-15-12)17-9-16-11/h9-10,12,15H,4-8H2,1-3H3,(H,16,17). The molecular formula is C14H24N4O. The van der Waals surface area contributed by atoms with E-state index in [1.807, 2.05) is 11.8 Å². The van der Waals surface area contributed by atoms with Gasteiger partial charge in [-0.3, -0.25) is 10.1 Å². The van der Waals surface area contributed by atoms with Crippen LogP contribution in [0.2, 0.25) is 0 Å². The Morgan fingerprint density at radius 3 is 3.05 bits per heavy atom. The molecule has 1 aliphatic heterocycles. The maximum absolute atomic E-state index is 12.5. The molecule has 1 aromatic rings. The zero-order chi connectivity index (χ0) is 13.8. The average Bonchev–Trinajstić information content (AvgIpc) is 2.90. The van der Waals surface area contributed by atoms with Crippen molar-refractivity contribution < 1.29 is 4.79 Å². The van der Waals surface area contributed by atoms with Gasteiger partial charge >= 0.3 is 0 Å². The number of nitrogens with one attached hydrogen (secondary N) is 2. The Hall–Kier alpha value is -1.36. The third-order valence-electron chi connectivity index (χ3n) is 3.95. The Morgan fingerprint density at radius 2 is 2.37 bits per heavy atom. The van der Waals surface area contributed by atoms with Crippen molar-refractivity contribution in [3.05, 3.63) is 17.7 Å². The quantitative estimate of drug-likeness (QED) is 0.843. The summed E-state index contributed by atoms with van der Waals surface area (Å²) in [4.78, 5) is 21.9. The summed E-state index contributed by atoms with van der Waals surface area (Å²) in [6.07, 6.45) is 3.50. The fraction of sp³-hybridized carbons (Fsp3) is 0.714.